The maximum atomic E-state index is 8.90. The van der Waals surface area contributed by atoms with Crippen LogP contribution in [0.2, 0.25) is 0 Å². The Kier molecular flexibility index (Phi) is 4.54. The molecule has 2 aromatic carbocycles. The number of aliphatic hydroxyl groups is 1. The van der Waals surface area contributed by atoms with Gasteiger partial charge in [0.25, 0.3) is 0 Å². The molecule has 1 N–H and O–H groups in total. The summed E-state index contributed by atoms with van der Waals surface area (Å²) in [5.41, 5.74) is 4.39. The molecule has 3 rings (SSSR count). The lowest BCUT2D eigenvalue weighted by molar-refractivity contribution is -0.439. The van der Waals surface area contributed by atoms with Crippen molar-refractivity contribution < 1.29 is 9.68 Å². The minimum absolute atomic E-state index is 0.0846. The van der Waals surface area contributed by atoms with Crippen molar-refractivity contribution in [3.8, 4) is 0 Å². The van der Waals surface area contributed by atoms with Crippen molar-refractivity contribution in [3.05, 3.63) is 42.0 Å². The van der Waals surface area contributed by atoms with Crippen molar-refractivity contribution in [3.63, 3.8) is 0 Å². The molecule has 0 saturated carbocycles. The molecule has 2 heteroatoms. The molecule has 2 nitrogen and oxygen atoms in total. The maximum absolute atomic E-state index is 8.90. The Bertz CT molecular complexity index is 743. The van der Waals surface area contributed by atoms with Gasteiger partial charge in [-0.2, -0.15) is 4.58 Å². The van der Waals surface area contributed by atoms with Gasteiger partial charge in [0.1, 0.15) is 6.54 Å². The van der Waals surface area contributed by atoms with E-state index >= 15 is 0 Å². The third-order valence-electron chi connectivity index (χ3n) is 5.42. The van der Waals surface area contributed by atoms with E-state index in [0.717, 1.165) is 19.4 Å². The molecular formula is C21H28NO+. The van der Waals surface area contributed by atoms with Crippen molar-refractivity contribution in [2.45, 2.75) is 51.9 Å². The highest BCUT2D eigenvalue weighted by Crippen LogP contribution is 2.43. The van der Waals surface area contributed by atoms with Crippen molar-refractivity contribution in [1.82, 2.24) is 0 Å². The molecule has 0 saturated heterocycles. The van der Waals surface area contributed by atoms with Crippen molar-refractivity contribution in [1.29, 1.82) is 0 Å². The number of unbranched alkanes of at least 4 members (excludes halogenated alkanes) is 3. The van der Waals surface area contributed by atoms with Gasteiger partial charge in [0.15, 0.2) is 5.71 Å². The third-order valence-corrected chi connectivity index (χ3v) is 5.42. The van der Waals surface area contributed by atoms with E-state index in [4.69, 9.17) is 5.11 Å². The molecule has 0 aliphatic carbocycles. The Hall–Kier alpha value is -1.67. The quantitative estimate of drug-likeness (QED) is 0.602. The summed E-state index contributed by atoms with van der Waals surface area (Å²) in [6, 6.07) is 13.3. The Morgan fingerprint density at radius 3 is 2.48 bits per heavy atom. The van der Waals surface area contributed by atoms with Crippen LogP contribution in [0.15, 0.2) is 36.4 Å². The molecule has 1 aliphatic heterocycles. The number of fused-ring (bicyclic) bond motifs is 3. The van der Waals surface area contributed by atoms with Crippen LogP contribution in [0, 0.1) is 0 Å². The molecular weight excluding hydrogens is 282 g/mol. The zero-order chi connectivity index (χ0) is 16.4. The molecule has 1 aliphatic rings. The molecule has 0 bridgehead atoms. The molecule has 0 aromatic heterocycles. The van der Waals surface area contributed by atoms with Crippen LogP contribution in [0.5, 0.6) is 0 Å². The van der Waals surface area contributed by atoms with E-state index in [1.54, 1.807) is 0 Å². The largest absolute Gasteiger partial charge is 0.396 e. The van der Waals surface area contributed by atoms with Gasteiger partial charge in [-0.1, -0.05) is 30.7 Å². The molecule has 0 fully saturated rings. The van der Waals surface area contributed by atoms with E-state index in [1.807, 2.05) is 0 Å². The first-order valence-corrected chi connectivity index (χ1v) is 8.82. The van der Waals surface area contributed by atoms with E-state index < -0.39 is 0 Å². The first-order chi connectivity index (χ1) is 11.1. The van der Waals surface area contributed by atoms with Crippen LogP contribution < -0.4 is 0 Å². The van der Waals surface area contributed by atoms with Gasteiger partial charge in [-0.05, 0) is 43.5 Å². The van der Waals surface area contributed by atoms with E-state index in [9.17, 15) is 0 Å². The number of hydrogen-bond acceptors (Lipinski definition) is 1. The highest BCUT2D eigenvalue weighted by molar-refractivity contribution is 6.01. The summed E-state index contributed by atoms with van der Waals surface area (Å²) in [4.78, 5) is 0. The summed E-state index contributed by atoms with van der Waals surface area (Å²) in [5, 5.41) is 11.6. The Morgan fingerprint density at radius 1 is 0.957 bits per heavy atom. The topological polar surface area (TPSA) is 23.2 Å². The summed E-state index contributed by atoms with van der Waals surface area (Å²) in [7, 11) is 0. The molecule has 0 amide bonds. The van der Waals surface area contributed by atoms with Crippen molar-refractivity contribution >= 4 is 22.2 Å². The predicted octanol–water partition coefficient (Wildman–Crippen LogP) is 4.79. The number of rotatable bonds is 6. The number of aliphatic hydroxyl groups excluding tert-OH is 1. The fourth-order valence-corrected chi connectivity index (χ4v) is 3.86. The highest BCUT2D eigenvalue weighted by Gasteiger charge is 2.43. The smallest absolute Gasteiger partial charge is 0.210 e. The average Bonchev–Trinajstić information content (AvgIpc) is 2.75. The maximum Gasteiger partial charge on any atom is 0.210 e. The Labute approximate surface area is 139 Å². The first-order valence-electron chi connectivity index (χ1n) is 8.82. The third kappa shape index (κ3) is 2.81. The van der Waals surface area contributed by atoms with Gasteiger partial charge in [-0.3, -0.25) is 0 Å². The van der Waals surface area contributed by atoms with Crippen LogP contribution in [-0.2, 0) is 5.41 Å². The number of nitrogens with zero attached hydrogens (tertiary/aromatic N) is 1. The normalized spacial score (nSPS) is 16.2. The molecule has 0 radical (unpaired) electrons. The SMILES string of the molecule is CC1=[N+](CCCCCCO)c2ccc3ccccc3c2C1(C)C. The second kappa shape index (κ2) is 6.45. The van der Waals surface area contributed by atoms with Gasteiger partial charge in [0, 0.05) is 31.6 Å². The predicted molar refractivity (Wildman–Crippen MR) is 98.0 cm³/mol. The second-order valence-corrected chi connectivity index (χ2v) is 7.18. The summed E-state index contributed by atoms with van der Waals surface area (Å²) in [6.45, 7) is 8.37. The second-order valence-electron chi connectivity index (χ2n) is 7.18. The molecule has 2 aromatic rings. The fraction of sp³-hybridized carbons (Fsp3) is 0.476. The summed E-state index contributed by atoms with van der Waals surface area (Å²) in [5.74, 6) is 0. The van der Waals surface area contributed by atoms with Crippen molar-refractivity contribution in [2.24, 2.45) is 0 Å². The van der Waals surface area contributed by atoms with E-state index in [2.05, 4.69) is 61.7 Å². The van der Waals surface area contributed by atoms with Gasteiger partial charge < -0.3 is 5.11 Å². The van der Waals surface area contributed by atoms with Crippen LogP contribution in [0.1, 0.15) is 52.0 Å². The zero-order valence-corrected chi connectivity index (χ0v) is 14.6. The summed E-state index contributed by atoms with van der Waals surface area (Å²) >= 11 is 0. The van der Waals surface area contributed by atoms with Gasteiger partial charge in [-0.25, -0.2) is 0 Å². The Morgan fingerprint density at radius 2 is 1.70 bits per heavy atom. The Balaban J connectivity index is 1.94. The number of hydrogen-bond donors (Lipinski definition) is 1. The lowest BCUT2D eigenvalue weighted by Crippen LogP contribution is -2.26. The molecule has 0 spiro atoms. The van der Waals surface area contributed by atoms with Gasteiger partial charge in [-0.15, -0.1) is 0 Å². The fourth-order valence-electron chi connectivity index (χ4n) is 3.86. The van der Waals surface area contributed by atoms with Crippen LogP contribution in [-0.4, -0.2) is 28.5 Å². The molecule has 23 heavy (non-hydrogen) atoms. The molecule has 0 unspecified atom stereocenters. The van der Waals surface area contributed by atoms with Gasteiger partial charge >= 0.3 is 0 Å². The first kappa shape index (κ1) is 16.2. The minimum Gasteiger partial charge on any atom is -0.396 e. The van der Waals surface area contributed by atoms with E-state index in [1.165, 1.54) is 40.6 Å². The van der Waals surface area contributed by atoms with Crippen LogP contribution >= 0.6 is 0 Å². The molecule has 122 valence electrons. The molecule has 1 heterocycles. The molecule has 0 atom stereocenters. The standard InChI is InChI=1S/C21H28NO/c1-16-21(2,3)20-18-11-7-6-10-17(18)12-13-19(20)22(16)14-8-4-5-9-15-23/h6-7,10-13,23H,4-5,8-9,14-15H2,1-3H3/q+1. The summed E-state index contributed by atoms with van der Waals surface area (Å²) in [6.07, 6.45) is 4.42. The lowest BCUT2D eigenvalue weighted by atomic mass is 9.80. The van der Waals surface area contributed by atoms with Gasteiger partial charge in [0.2, 0.25) is 5.69 Å². The van der Waals surface area contributed by atoms with Gasteiger partial charge in [0.05, 0.1) is 5.41 Å². The lowest BCUT2D eigenvalue weighted by Gasteiger charge is -2.17. The average molecular weight is 310 g/mol. The van der Waals surface area contributed by atoms with Crippen LogP contribution in [0.3, 0.4) is 0 Å². The zero-order valence-electron chi connectivity index (χ0n) is 14.6. The number of benzene rings is 2. The van der Waals surface area contributed by atoms with Crippen LogP contribution in [0.4, 0.5) is 5.69 Å². The summed E-state index contributed by atoms with van der Waals surface area (Å²) < 4.78 is 2.51. The van der Waals surface area contributed by atoms with Crippen LogP contribution in [0.25, 0.3) is 10.8 Å². The van der Waals surface area contributed by atoms with E-state index in [-0.39, 0.29) is 5.41 Å². The highest BCUT2D eigenvalue weighted by atomic mass is 16.2. The van der Waals surface area contributed by atoms with Crippen molar-refractivity contribution in [2.75, 3.05) is 13.2 Å². The monoisotopic (exact) mass is 310 g/mol. The van der Waals surface area contributed by atoms with E-state index in [0.29, 0.717) is 6.61 Å². The minimum atomic E-state index is 0.0846.